The number of rotatable bonds is 4. The van der Waals surface area contributed by atoms with E-state index in [1.165, 1.54) is 17.3 Å². The Morgan fingerprint density at radius 2 is 2.40 bits per heavy atom. The molecule has 0 unspecified atom stereocenters. The highest BCUT2D eigenvalue weighted by molar-refractivity contribution is 6.33. The molecule has 15 heavy (non-hydrogen) atoms. The Morgan fingerprint density at radius 3 is 2.93 bits per heavy atom. The largest absolute Gasteiger partial charge is 0.395 e. The first-order valence-corrected chi connectivity index (χ1v) is 5.08. The average molecular weight is 229 g/mol. The number of pyridine rings is 1. The van der Waals surface area contributed by atoms with Crippen molar-refractivity contribution in [3.05, 3.63) is 29.0 Å². The minimum atomic E-state index is -0.182. The van der Waals surface area contributed by atoms with Gasteiger partial charge in [0, 0.05) is 25.5 Å². The molecule has 0 aromatic carbocycles. The number of aliphatic hydroxyl groups is 1. The first kappa shape index (κ1) is 11.9. The van der Waals surface area contributed by atoms with Gasteiger partial charge in [0.25, 0.3) is 5.91 Å². The van der Waals surface area contributed by atoms with Crippen LogP contribution in [0.2, 0.25) is 5.02 Å². The zero-order valence-electron chi connectivity index (χ0n) is 8.48. The molecule has 0 aliphatic rings. The lowest BCUT2D eigenvalue weighted by atomic mass is 10.2. The number of likely N-dealkylation sites (N-methyl/N-ethyl adjacent to an activating group) is 1. The van der Waals surface area contributed by atoms with E-state index in [9.17, 15) is 4.79 Å². The minimum Gasteiger partial charge on any atom is -0.395 e. The first-order valence-electron chi connectivity index (χ1n) is 4.70. The predicted octanol–water partition coefficient (Wildman–Crippen LogP) is 1.19. The molecule has 1 N–H and O–H groups in total. The summed E-state index contributed by atoms with van der Waals surface area (Å²) in [4.78, 5) is 17.2. The first-order chi connectivity index (χ1) is 7.20. The van der Waals surface area contributed by atoms with Crippen LogP contribution in [0, 0.1) is 0 Å². The topological polar surface area (TPSA) is 53.4 Å². The second-order valence-corrected chi connectivity index (χ2v) is 3.37. The summed E-state index contributed by atoms with van der Waals surface area (Å²) in [5.74, 6) is -0.182. The lowest BCUT2D eigenvalue weighted by Crippen LogP contribution is -2.33. The van der Waals surface area contributed by atoms with Crippen LogP contribution < -0.4 is 0 Å². The van der Waals surface area contributed by atoms with Gasteiger partial charge in [-0.1, -0.05) is 11.6 Å². The van der Waals surface area contributed by atoms with Gasteiger partial charge in [-0.3, -0.25) is 9.78 Å². The number of hydrogen-bond donors (Lipinski definition) is 1. The van der Waals surface area contributed by atoms with Crippen LogP contribution in [0.15, 0.2) is 18.5 Å². The summed E-state index contributed by atoms with van der Waals surface area (Å²) in [6.45, 7) is 2.65. The molecule has 5 heteroatoms. The van der Waals surface area contributed by atoms with E-state index in [2.05, 4.69) is 4.98 Å². The van der Waals surface area contributed by atoms with Crippen molar-refractivity contribution in [1.29, 1.82) is 0 Å². The molecule has 0 saturated heterocycles. The molecule has 1 aromatic rings. The van der Waals surface area contributed by atoms with E-state index < -0.39 is 0 Å². The Bertz CT molecular complexity index is 344. The van der Waals surface area contributed by atoms with E-state index in [0.717, 1.165) is 0 Å². The number of amides is 1. The Hall–Kier alpha value is -1.13. The molecule has 0 aliphatic carbocycles. The highest BCUT2D eigenvalue weighted by Gasteiger charge is 2.16. The second kappa shape index (κ2) is 5.68. The van der Waals surface area contributed by atoms with Crippen LogP contribution >= 0.6 is 11.6 Å². The van der Waals surface area contributed by atoms with Crippen LogP contribution in [0.3, 0.4) is 0 Å². The monoisotopic (exact) mass is 228 g/mol. The molecule has 1 heterocycles. The van der Waals surface area contributed by atoms with Crippen molar-refractivity contribution in [2.75, 3.05) is 19.7 Å². The Labute approximate surface area is 93.5 Å². The third-order valence-electron chi connectivity index (χ3n) is 2.04. The van der Waals surface area contributed by atoms with Crippen molar-refractivity contribution in [2.24, 2.45) is 0 Å². The zero-order valence-corrected chi connectivity index (χ0v) is 9.24. The highest BCUT2D eigenvalue weighted by Crippen LogP contribution is 2.15. The molecule has 0 atom stereocenters. The summed E-state index contributed by atoms with van der Waals surface area (Å²) in [5.41, 5.74) is 0.418. The Kier molecular flexibility index (Phi) is 4.52. The van der Waals surface area contributed by atoms with E-state index >= 15 is 0 Å². The van der Waals surface area contributed by atoms with Crippen molar-refractivity contribution in [3.8, 4) is 0 Å². The molecule has 1 amide bonds. The zero-order chi connectivity index (χ0) is 11.3. The van der Waals surface area contributed by atoms with Gasteiger partial charge >= 0.3 is 0 Å². The third kappa shape index (κ3) is 2.91. The summed E-state index contributed by atoms with van der Waals surface area (Å²) in [6.07, 6.45) is 2.95. The van der Waals surface area contributed by atoms with Crippen LogP contribution in [0.5, 0.6) is 0 Å². The summed E-state index contributed by atoms with van der Waals surface area (Å²) in [7, 11) is 0. The van der Waals surface area contributed by atoms with Gasteiger partial charge in [-0.25, -0.2) is 0 Å². The number of aliphatic hydroxyl groups excluding tert-OH is 1. The van der Waals surface area contributed by atoms with E-state index in [-0.39, 0.29) is 12.5 Å². The van der Waals surface area contributed by atoms with E-state index in [4.69, 9.17) is 16.7 Å². The molecular formula is C10H13ClN2O2. The minimum absolute atomic E-state index is 0.0533. The predicted molar refractivity (Wildman–Crippen MR) is 57.9 cm³/mol. The van der Waals surface area contributed by atoms with E-state index in [0.29, 0.717) is 23.7 Å². The van der Waals surface area contributed by atoms with Gasteiger partial charge in [0.05, 0.1) is 17.2 Å². The van der Waals surface area contributed by atoms with E-state index in [1.807, 2.05) is 6.92 Å². The fraction of sp³-hybridized carbons (Fsp3) is 0.400. The number of aromatic nitrogens is 1. The molecule has 0 aliphatic heterocycles. The number of carbonyl (C=O) groups is 1. The highest BCUT2D eigenvalue weighted by atomic mass is 35.5. The maximum absolute atomic E-state index is 11.9. The van der Waals surface area contributed by atoms with Crippen molar-refractivity contribution in [2.45, 2.75) is 6.92 Å². The van der Waals surface area contributed by atoms with Gasteiger partial charge in [-0.05, 0) is 13.0 Å². The lowest BCUT2D eigenvalue weighted by Gasteiger charge is -2.19. The maximum Gasteiger partial charge on any atom is 0.255 e. The van der Waals surface area contributed by atoms with Gasteiger partial charge in [0.15, 0.2) is 0 Å². The fourth-order valence-corrected chi connectivity index (χ4v) is 1.44. The lowest BCUT2D eigenvalue weighted by molar-refractivity contribution is 0.0732. The quantitative estimate of drug-likeness (QED) is 0.842. The van der Waals surface area contributed by atoms with Crippen LogP contribution in [-0.2, 0) is 0 Å². The molecule has 1 rings (SSSR count). The normalized spacial score (nSPS) is 10.1. The molecule has 4 nitrogen and oxygen atoms in total. The van der Waals surface area contributed by atoms with Gasteiger partial charge in [0.1, 0.15) is 0 Å². The van der Waals surface area contributed by atoms with Crippen LogP contribution in [0.1, 0.15) is 17.3 Å². The molecule has 0 fully saturated rings. The van der Waals surface area contributed by atoms with Crippen molar-refractivity contribution in [3.63, 3.8) is 0 Å². The SMILES string of the molecule is CCN(CCO)C(=O)c1ccncc1Cl. The maximum atomic E-state index is 11.9. The van der Waals surface area contributed by atoms with Crippen LogP contribution in [0.4, 0.5) is 0 Å². The summed E-state index contributed by atoms with van der Waals surface area (Å²) in [5, 5.41) is 9.13. The number of halogens is 1. The van der Waals surface area contributed by atoms with Crippen molar-refractivity contribution in [1.82, 2.24) is 9.88 Å². The summed E-state index contributed by atoms with van der Waals surface area (Å²) >= 11 is 5.85. The number of nitrogens with zero attached hydrogens (tertiary/aromatic N) is 2. The second-order valence-electron chi connectivity index (χ2n) is 2.96. The van der Waals surface area contributed by atoms with Crippen molar-refractivity contribution < 1.29 is 9.90 Å². The fourth-order valence-electron chi connectivity index (χ4n) is 1.24. The number of hydrogen-bond acceptors (Lipinski definition) is 3. The Morgan fingerprint density at radius 1 is 1.67 bits per heavy atom. The van der Waals surface area contributed by atoms with Crippen molar-refractivity contribution >= 4 is 17.5 Å². The van der Waals surface area contributed by atoms with Gasteiger partial charge in [-0.15, -0.1) is 0 Å². The van der Waals surface area contributed by atoms with Gasteiger partial charge < -0.3 is 10.0 Å². The average Bonchev–Trinajstić information content (AvgIpc) is 2.25. The molecule has 1 aromatic heterocycles. The van der Waals surface area contributed by atoms with Crippen LogP contribution in [-0.4, -0.2) is 40.6 Å². The van der Waals surface area contributed by atoms with E-state index in [1.54, 1.807) is 6.07 Å². The summed E-state index contributed by atoms with van der Waals surface area (Å²) < 4.78 is 0. The molecule has 0 saturated carbocycles. The molecular weight excluding hydrogens is 216 g/mol. The smallest absolute Gasteiger partial charge is 0.255 e. The molecule has 0 radical (unpaired) electrons. The van der Waals surface area contributed by atoms with Gasteiger partial charge in [0.2, 0.25) is 0 Å². The van der Waals surface area contributed by atoms with Crippen LogP contribution in [0.25, 0.3) is 0 Å². The standard InChI is InChI=1S/C10H13ClN2O2/c1-2-13(5-6-14)10(15)8-3-4-12-7-9(8)11/h3-4,7,14H,2,5-6H2,1H3. The molecule has 82 valence electrons. The molecule has 0 bridgehead atoms. The summed E-state index contributed by atoms with van der Waals surface area (Å²) in [6, 6.07) is 1.57. The third-order valence-corrected chi connectivity index (χ3v) is 2.34. The molecule has 0 spiro atoms. The number of carbonyl (C=O) groups excluding carboxylic acids is 1. The Balaban J connectivity index is 2.88. The van der Waals surface area contributed by atoms with Gasteiger partial charge in [-0.2, -0.15) is 0 Å².